The van der Waals surface area contributed by atoms with Crippen LogP contribution >= 0.6 is 31.9 Å². The normalized spacial score (nSPS) is 10.5. The van der Waals surface area contributed by atoms with E-state index >= 15 is 0 Å². The van der Waals surface area contributed by atoms with E-state index in [1.165, 1.54) is 12.1 Å². The first-order valence-corrected chi connectivity index (χ1v) is 7.24. The van der Waals surface area contributed by atoms with Gasteiger partial charge in [0.25, 0.3) is 0 Å². The predicted molar refractivity (Wildman–Crippen MR) is 80.5 cm³/mol. The Morgan fingerprint density at radius 2 is 1.84 bits per heavy atom. The van der Waals surface area contributed by atoms with Crippen molar-refractivity contribution >= 4 is 31.9 Å². The average molecular weight is 389 g/mol. The van der Waals surface area contributed by atoms with Crippen LogP contribution in [-0.4, -0.2) is 0 Å². The van der Waals surface area contributed by atoms with E-state index in [1.54, 1.807) is 6.07 Å². The van der Waals surface area contributed by atoms with Crippen molar-refractivity contribution in [1.82, 2.24) is 0 Å². The van der Waals surface area contributed by atoms with Gasteiger partial charge in [0, 0.05) is 22.1 Å². The van der Waals surface area contributed by atoms with Crippen molar-refractivity contribution in [2.45, 2.75) is 13.2 Å². The third-order valence-corrected chi connectivity index (χ3v) is 4.02. The maximum Gasteiger partial charge on any atom is 0.138 e. The summed E-state index contributed by atoms with van der Waals surface area (Å²) in [5, 5.41) is 0. The molecule has 0 amide bonds. The van der Waals surface area contributed by atoms with Crippen molar-refractivity contribution in [2.75, 3.05) is 0 Å². The van der Waals surface area contributed by atoms with Gasteiger partial charge in [-0.1, -0.05) is 34.1 Å². The third kappa shape index (κ3) is 3.55. The van der Waals surface area contributed by atoms with E-state index in [0.29, 0.717) is 17.6 Å². The van der Waals surface area contributed by atoms with Gasteiger partial charge in [0.05, 0.1) is 4.47 Å². The Hall–Kier alpha value is -0.910. The molecular formula is C14H12Br2FNO. The number of benzene rings is 2. The van der Waals surface area contributed by atoms with Crippen LogP contribution in [-0.2, 0) is 13.2 Å². The quantitative estimate of drug-likeness (QED) is 0.842. The number of rotatable bonds is 4. The van der Waals surface area contributed by atoms with E-state index in [9.17, 15) is 4.39 Å². The van der Waals surface area contributed by atoms with Crippen molar-refractivity contribution in [2.24, 2.45) is 5.73 Å². The van der Waals surface area contributed by atoms with Gasteiger partial charge in [-0.3, -0.25) is 0 Å². The lowest BCUT2D eigenvalue weighted by molar-refractivity contribution is 0.300. The molecule has 2 aromatic rings. The smallest absolute Gasteiger partial charge is 0.138 e. The van der Waals surface area contributed by atoms with Crippen molar-refractivity contribution in [3.8, 4) is 5.75 Å². The van der Waals surface area contributed by atoms with Gasteiger partial charge in [-0.2, -0.15) is 0 Å². The van der Waals surface area contributed by atoms with E-state index in [1.807, 2.05) is 18.2 Å². The van der Waals surface area contributed by atoms with Crippen LogP contribution in [0.1, 0.15) is 11.1 Å². The summed E-state index contributed by atoms with van der Waals surface area (Å²) in [4.78, 5) is 0. The first-order chi connectivity index (χ1) is 9.11. The summed E-state index contributed by atoms with van der Waals surface area (Å²) in [6.07, 6.45) is 0. The zero-order chi connectivity index (χ0) is 13.8. The van der Waals surface area contributed by atoms with E-state index in [4.69, 9.17) is 10.5 Å². The standard InChI is InChI=1S/C14H12Br2FNO/c15-12-3-1-2-9(7-18)14(12)19-8-10-4-5-11(17)6-13(10)16/h1-6H,7-8,18H2. The topological polar surface area (TPSA) is 35.2 Å². The van der Waals surface area contributed by atoms with Crippen LogP contribution in [0.4, 0.5) is 4.39 Å². The molecule has 0 radical (unpaired) electrons. The molecule has 0 heterocycles. The van der Waals surface area contributed by atoms with Crippen molar-refractivity contribution in [3.05, 3.63) is 62.3 Å². The zero-order valence-electron chi connectivity index (χ0n) is 10.00. The van der Waals surface area contributed by atoms with Gasteiger partial charge < -0.3 is 10.5 Å². The summed E-state index contributed by atoms with van der Waals surface area (Å²) < 4.78 is 20.3. The molecular weight excluding hydrogens is 377 g/mol. The first kappa shape index (κ1) is 14.5. The number of nitrogens with two attached hydrogens (primary N) is 1. The van der Waals surface area contributed by atoms with Crippen LogP contribution in [0.2, 0.25) is 0 Å². The maximum atomic E-state index is 13.0. The lowest BCUT2D eigenvalue weighted by Gasteiger charge is -2.13. The molecule has 2 N–H and O–H groups in total. The highest BCUT2D eigenvalue weighted by atomic mass is 79.9. The molecule has 0 unspecified atom stereocenters. The van der Waals surface area contributed by atoms with Crippen LogP contribution in [0.15, 0.2) is 45.3 Å². The minimum atomic E-state index is -0.279. The molecule has 100 valence electrons. The molecule has 0 saturated carbocycles. The molecule has 2 aromatic carbocycles. The summed E-state index contributed by atoms with van der Waals surface area (Å²) in [5.74, 6) is 0.445. The monoisotopic (exact) mass is 387 g/mol. The highest BCUT2D eigenvalue weighted by Gasteiger charge is 2.08. The molecule has 2 nitrogen and oxygen atoms in total. The molecule has 0 aliphatic heterocycles. The molecule has 0 aromatic heterocycles. The molecule has 0 fully saturated rings. The number of halogens is 3. The zero-order valence-corrected chi connectivity index (χ0v) is 13.2. The second kappa shape index (κ2) is 6.50. The van der Waals surface area contributed by atoms with E-state index in [-0.39, 0.29) is 5.82 Å². The second-order valence-electron chi connectivity index (χ2n) is 3.96. The Balaban J connectivity index is 2.19. The fourth-order valence-electron chi connectivity index (χ4n) is 1.66. The molecule has 0 saturated heterocycles. The van der Waals surface area contributed by atoms with Gasteiger partial charge in [0.1, 0.15) is 18.2 Å². The Bertz CT molecular complexity index is 590. The lowest BCUT2D eigenvalue weighted by Crippen LogP contribution is -2.04. The molecule has 0 bridgehead atoms. The van der Waals surface area contributed by atoms with Crippen molar-refractivity contribution in [3.63, 3.8) is 0 Å². The third-order valence-electron chi connectivity index (χ3n) is 2.66. The van der Waals surface area contributed by atoms with Crippen LogP contribution in [0.5, 0.6) is 5.75 Å². The summed E-state index contributed by atoms with van der Waals surface area (Å²) in [6.45, 7) is 0.746. The van der Waals surface area contributed by atoms with Crippen LogP contribution in [0.25, 0.3) is 0 Å². The molecule has 2 rings (SSSR count). The van der Waals surface area contributed by atoms with Crippen LogP contribution in [0, 0.1) is 5.82 Å². The SMILES string of the molecule is NCc1cccc(Br)c1OCc1ccc(F)cc1Br. The first-order valence-electron chi connectivity index (χ1n) is 5.66. The highest BCUT2D eigenvalue weighted by Crippen LogP contribution is 2.30. The Labute approximate surface area is 128 Å². The van der Waals surface area contributed by atoms with Crippen LogP contribution in [0.3, 0.4) is 0 Å². The molecule has 0 spiro atoms. The largest absolute Gasteiger partial charge is 0.487 e. The lowest BCUT2D eigenvalue weighted by atomic mass is 10.2. The molecule has 0 atom stereocenters. The molecule has 5 heteroatoms. The van der Waals surface area contributed by atoms with Gasteiger partial charge in [-0.15, -0.1) is 0 Å². The van der Waals surface area contributed by atoms with Gasteiger partial charge in [0.15, 0.2) is 0 Å². The summed E-state index contributed by atoms with van der Waals surface area (Å²) >= 11 is 6.76. The number of ether oxygens (including phenoxy) is 1. The fourth-order valence-corrected chi connectivity index (χ4v) is 2.65. The fraction of sp³-hybridized carbons (Fsp3) is 0.143. The Kier molecular flexibility index (Phi) is 4.96. The van der Waals surface area contributed by atoms with Gasteiger partial charge in [-0.25, -0.2) is 4.39 Å². The Morgan fingerprint density at radius 1 is 1.05 bits per heavy atom. The molecule has 0 aliphatic carbocycles. The number of hydrogen-bond acceptors (Lipinski definition) is 2. The molecule has 0 aliphatic rings. The van der Waals surface area contributed by atoms with Crippen molar-refractivity contribution < 1.29 is 9.13 Å². The minimum absolute atomic E-state index is 0.279. The molecule has 19 heavy (non-hydrogen) atoms. The summed E-state index contributed by atoms with van der Waals surface area (Å²) in [5.41, 5.74) is 7.48. The van der Waals surface area contributed by atoms with Gasteiger partial charge >= 0.3 is 0 Å². The summed E-state index contributed by atoms with van der Waals surface area (Å²) in [6, 6.07) is 10.2. The highest BCUT2D eigenvalue weighted by molar-refractivity contribution is 9.10. The van der Waals surface area contributed by atoms with E-state index in [2.05, 4.69) is 31.9 Å². The maximum absolute atomic E-state index is 13.0. The number of hydrogen-bond donors (Lipinski definition) is 1. The van der Waals surface area contributed by atoms with Crippen LogP contribution < -0.4 is 10.5 Å². The van der Waals surface area contributed by atoms with E-state index in [0.717, 1.165) is 21.3 Å². The van der Waals surface area contributed by atoms with Gasteiger partial charge in [0.2, 0.25) is 0 Å². The minimum Gasteiger partial charge on any atom is -0.487 e. The Morgan fingerprint density at radius 3 is 2.53 bits per heavy atom. The number of para-hydroxylation sites is 1. The predicted octanol–water partition coefficient (Wildman–Crippen LogP) is 4.39. The second-order valence-corrected chi connectivity index (χ2v) is 5.67. The summed E-state index contributed by atoms with van der Waals surface area (Å²) in [7, 11) is 0. The van der Waals surface area contributed by atoms with E-state index < -0.39 is 0 Å². The average Bonchev–Trinajstić information content (AvgIpc) is 2.39. The van der Waals surface area contributed by atoms with Gasteiger partial charge in [-0.05, 0) is 34.1 Å². The van der Waals surface area contributed by atoms with Crippen molar-refractivity contribution in [1.29, 1.82) is 0 Å².